The molecule has 1 N–H and O–H groups in total. The summed E-state index contributed by atoms with van der Waals surface area (Å²) in [6.07, 6.45) is 2.10. The van der Waals surface area contributed by atoms with Gasteiger partial charge in [0, 0.05) is 6.42 Å². The molecule has 0 saturated carbocycles. The Morgan fingerprint density at radius 2 is 2.28 bits per heavy atom. The van der Waals surface area contributed by atoms with E-state index in [-0.39, 0.29) is 6.42 Å². The number of aryl methyl sites for hydroxylation is 2. The van der Waals surface area contributed by atoms with Crippen molar-refractivity contribution < 1.29 is 9.90 Å². The monoisotopic (exact) mass is 265 g/mol. The van der Waals surface area contributed by atoms with Crippen LogP contribution >= 0.6 is 11.6 Å². The van der Waals surface area contributed by atoms with Crippen LogP contribution in [0.4, 0.5) is 0 Å². The maximum Gasteiger partial charge on any atom is 0.303 e. The summed E-state index contributed by atoms with van der Waals surface area (Å²) in [5.74, 6) is -0.849. The first-order valence-corrected chi connectivity index (χ1v) is 5.83. The fourth-order valence-electron chi connectivity index (χ4n) is 1.56. The normalized spacial score (nSPS) is 10.6. The standard InChI is InChI=1S/C12H12ClN3O2/c1-8-2-4-11(10(13)6-8)16-7-9(14-15-16)3-5-12(17)18/h2,4,6-7H,3,5H2,1H3,(H,17,18). The summed E-state index contributed by atoms with van der Waals surface area (Å²) < 4.78 is 1.55. The minimum Gasteiger partial charge on any atom is -0.481 e. The molecule has 18 heavy (non-hydrogen) atoms. The molecule has 1 heterocycles. The zero-order chi connectivity index (χ0) is 13.1. The Morgan fingerprint density at radius 3 is 2.94 bits per heavy atom. The van der Waals surface area contributed by atoms with Crippen molar-refractivity contribution in [3.05, 3.63) is 40.7 Å². The highest BCUT2D eigenvalue weighted by atomic mass is 35.5. The molecule has 2 aromatic rings. The van der Waals surface area contributed by atoms with Crippen LogP contribution in [0.5, 0.6) is 0 Å². The largest absolute Gasteiger partial charge is 0.481 e. The van der Waals surface area contributed by atoms with E-state index in [0.29, 0.717) is 17.1 Å². The molecule has 1 aromatic heterocycles. The van der Waals surface area contributed by atoms with Crippen LogP contribution < -0.4 is 0 Å². The van der Waals surface area contributed by atoms with Crippen LogP contribution in [0, 0.1) is 6.92 Å². The van der Waals surface area contributed by atoms with Gasteiger partial charge in [0.2, 0.25) is 0 Å². The quantitative estimate of drug-likeness (QED) is 0.921. The maximum absolute atomic E-state index is 10.5. The molecule has 0 aliphatic heterocycles. The molecule has 0 fully saturated rings. The summed E-state index contributed by atoms with van der Waals surface area (Å²) in [6.45, 7) is 1.95. The number of carboxylic acids is 1. The van der Waals surface area contributed by atoms with Crippen LogP contribution in [0.1, 0.15) is 17.7 Å². The number of benzene rings is 1. The number of hydrogen-bond acceptors (Lipinski definition) is 3. The van der Waals surface area contributed by atoms with Gasteiger partial charge in [-0.3, -0.25) is 4.79 Å². The van der Waals surface area contributed by atoms with Crippen molar-refractivity contribution in [2.75, 3.05) is 0 Å². The van der Waals surface area contributed by atoms with Gasteiger partial charge in [-0.05, 0) is 24.6 Å². The zero-order valence-electron chi connectivity index (χ0n) is 9.80. The first-order chi connectivity index (χ1) is 8.56. The number of rotatable bonds is 4. The Bertz CT molecular complexity index is 580. The zero-order valence-corrected chi connectivity index (χ0v) is 10.6. The summed E-state index contributed by atoms with van der Waals surface area (Å²) in [5, 5.41) is 17.0. The number of carbonyl (C=O) groups is 1. The molecule has 0 aliphatic carbocycles. The molecule has 0 radical (unpaired) electrons. The van der Waals surface area contributed by atoms with E-state index in [0.717, 1.165) is 11.3 Å². The smallest absolute Gasteiger partial charge is 0.303 e. The van der Waals surface area contributed by atoms with Crippen molar-refractivity contribution in [2.45, 2.75) is 19.8 Å². The molecule has 94 valence electrons. The van der Waals surface area contributed by atoms with Gasteiger partial charge in [0.15, 0.2) is 0 Å². The molecular weight excluding hydrogens is 254 g/mol. The van der Waals surface area contributed by atoms with E-state index in [1.807, 2.05) is 25.1 Å². The molecule has 0 bridgehead atoms. The van der Waals surface area contributed by atoms with E-state index < -0.39 is 5.97 Å². The Morgan fingerprint density at radius 1 is 1.50 bits per heavy atom. The number of aliphatic carboxylic acids is 1. The van der Waals surface area contributed by atoms with Crippen LogP contribution in [0.2, 0.25) is 5.02 Å². The Hall–Kier alpha value is -1.88. The summed E-state index contributed by atoms with van der Waals surface area (Å²) in [5.41, 5.74) is 2.43. The van der Waals surface area contributed by atoms with Crippen LogP contribution in [0.25, 0.3) is 5.69 Å². The van der Waals surface area contributed by atoms with Crippen LogP contribution in [-0.4, -0.2) is 26.1 Å². The van der Waals surface area contributed by atoms with Gasteiger partial charge < -0.3 is 5.11 Å². The third-order valence-electron chi connectivity index (χ3n) is 2.49. The molecule has 0 spiro atoms. The number of carboxylic acid groups (broad SMARTS) is 1. The Labute approximate surface area is 109 Å². The highest BCUT2D eigenvalue weighted by Crippen LogP contribution is 2.21. The second-order valence-electron chi connectivity index (χ2n) is 4.00. The average molecular weight is 266 g/mol. The molecule has 0 amide bonds. The highest BCUT2D eigenvalue weighted by molar-refractivity contribution is 6.32. The van der Waals surface area contributed by atoms with Crippen LogP contribution in [0.3, 0.4) is 0 Å². The lowest BCUT2D eigenvalue weighted by atomic mass is 10.2. The second-order valence-corrected chi connectivity index (χ2v) is 4.41. The molecule has 0 unspecified atom stereocenters. The Balaban J connectivity index is 2.21. The SMILES string of the molecule is Cc1ccc(-n2cc(CCC(=O)O)nn2)c(Cl)c1. The molecule has 2 rings (SSSR count). The molecule has 6 heteroatoms. The van der Waals surface area contributed by atoms with Crippen LogP contribution in [-0.2, 0) is 11.2 Å². The van der Waals surface area contributed by atoms with E-state index in [9.17, 15) is 4.79 Å². The third kappa shape index (κ3) is 2.87. The van der Waals surface area contributed by atoms with Gasteiger partial charge in [-0.15, -0.1) is 5.10 Å². The lowest BCUT2D eigenvalue weighted by molar-refractivity contribution is -0.136. The fourth-order valence-corrected chi connectivity index (χ4v) is 1.89. The minimum absolute atomic E-state index is 0.0420. The molecule has 1 aromatic carbocycles. The predicted octanol–water partition coefficient (Wildman–Crippen LogP) is 2.25. The van der Waals surface area contributed by atoms with Gasteiger partial charge in [0.05, 0.1) is 29.0 Å². The summed E-state index contributed by atoms with van der Waals surface area (Å²) in [7, 11) is 0. The van der Waals surface area contributed by atoms with Crippen molar-refractivity contribution in [1.82, 2.24) is 15.0 Å². The predicted molar refractivity (Wildman–Crippen MR) is 67.1 cm³/mol. The van der Waals surface area contributed by atoms with E-state index in [1.165, 1.54) is 0 Å². The molecule has 0 saturated heterocycles. The molecule has 0 aliphatic rings. The lowest BCUT2D eigenvalue weighted by Gasteiger charge is -2.03. The van der Waals surface area contributed by atoms with Crippen molar-refractivity contribution in [3.63, 3.8) is 0 Å². The number of hydrogen-bond donors (Lipinski definition) is 1. The first kappa shape index (κ1) is 12.6. The Kier molecular flexibility index (Phi) is 3.62. The van der Waals surface area contributed by atoms with Crippen molar-refractivity contribution in [2.24, 2.45) is 0 Å². The van der Waals surface area contributed by atoms with Gasteiger partial charge in [-0.25, -0.2) is 4.68 Å². The van der Waals surface area contributed by atoms with Gasteiger partial charge in [-0.2, -0.15) is 0 Å². The van der Waals surface area contributed by atoms with E-state index in [1.54, 1.807) is 10.9 Å². The fraction of sp³-hybridized carbons (Fsp3) is 0.250. The molecular formula is C12H12ClN3O2. The van der Waals surface area contributed by atoms with Gasteiger partial charge >= 0.3 is 5.97 Å². The minimum atomic E-state index is -0.849. The van der Waals surface area contributed by atoms with E-state index >= 15 is 0 Å². The number of halogens is 1. The van der Waals surface area contributed by atoms with Crippen molar-refractivity contribution in [1.29, 1.82) is 0 Å². The van der Waals surface area contributed by atoms with Gasteiger partial charge in [0.1, 0.15) is 0 Å². The van der Waals surface area contributed by atoms with Crippen LogP contribution in [0.15, 0.2) is 24.4 Å². The van der Waals surface area contributed by atoms with Gasteiger partial charge in [-0.1, -0.05) is 22.9 Å². The maximum atomic E-state index is 10.5. The second kappa shape index (κ2) is 5.18. The van der Waals surface area contributed by atoms with Crippen molar-refractivity contribution >= 4 is 17.6 Å². The van der Waals surface area contributed by atoms with E-state index in [2.05, 4.69) is 10.3 Å². The summed E-state index contributed by atoms with van der Waals surface area (Å²) in [4.78, 5) is 10.5. The van der Waals surface area contributed by atoms with E-state index in [4.69, 9.17) is 16.7 Å². The summed E-state index contributed by atoms with van der Waals surface area (Å²) >= 11 is 6.12. The average Bonchev–Trinajstić information content (AvgIpc) is 2.75. The highest BCUT2D eigenvalue weighted by Gasteiger charge is 2.08. The number of aromatic nitrogens is 3. The third-order valence-corrected chi connectivity index (χ3v) is 2.79. The van der Waals surface area contributed by atoms with Crippen molar-refractivity contribution in [3.8, 4) is 5.69 Å². The summed E-state index contributed by atoms with van der Waals surface area (Å²) in [6, 6.07) is 5.63. The lowest BCUT2D eigenvalue weighted by Crippen LogP contribution is -1.97. The first-order valence-electron chi connectivity index (χ1n) is 5.46. The number of nitrogens with zero attached hydrogens (tertiary/aromatic N) is 3. The topological polar surface area (TPSA) is 68.0 Å². The van der Waals surface area contributed by atoms with Gasteiger partial charge in [0.25, 0.3) is 0 Å². The molecule has 5 nitrogen and oxygen atoms in total. The molecule has 0 atom stereocenters.